The van der Waals surface area contributed by atoms with E-state index in [-0.39, 0.29) is 5.69 Å². The Labute approximate surface area is 128 Å². The van der Waals surface area contributed by atoms with E-state index in [9.17, 15) is 10.1 Å². The predicted octanol–water partition coefficient (Wildman–Crippen LogP) is 2.61. The van der Waals surface area contributed by atoms with E-state index in [1.807, 2.05) is 0 Å². The highest BCUT2D eigenvalue weighted by Crippen LogP contribution is 2.32. The first-order chi connectivity index (χ1) is 10.1. The summed E-state index contributed by atoms with van der Waals surface area (Å²) in [6, 6.07) is 2.04. The van der Waals surface area contributed by atoms with Crippen molar-refractivity contribution in [3.05, 3.63) is 27.4 Å². The van der Waals surface area contributed by atoms with Gasteiger partial charge in [-0.25, -0.2) is 4.98 Å². The molecule has 7 heteroatoms. The van der Waals surface area contributed by atoms with Gasteiger partial charge < -0.3 is 10.2 Å². The van der Waals surface area contributed by atoms with E-state index in [1.54, 1.807) is 0 Å². The molecule has 1 unspecified atom stereocenters. The second-order valence-corrected chi connectivity index (χ2v) is 6.19. The van der Waals surface area contributed by atoms with Gasteiger partial charge in [-0.1, -0.05) is 11.6 Å². The van der Waals surface area contributed by atoms with Crippen molar-refractivity contribution in [1.29, 1.82) is 0 Å². The van der Waals surface area contributed by atoms with E-state index in [4.69, 9.17) is 11.6 Å². The van der Waals surface area contributed by atoms with Gasteiger partial charge in [0, 0.05) is 25.2 Å². The van der Waals surface area contributed by atoms with Crippen molar-refractivity contribution in [1.82, 2.24) is 10.3 Å². The van der Waals surface area contributed by atoms with Gasteiger partial charge in [-0.3, -0.25) is 10.1 Å². The number of pyridine rings is 1. The fourth-order valence-corrected chi connectivity index (χ4v) is 3.66. The van der Waals surface area contributed by atoms with Crippen LogP contribution in [0.3, 0.4) is 0 Å². The topological polar surface area (TPSA) is 71.3 Å². The molecule has 0 spiro atoms. The maximum atomic E-state index is 10.7. The van der Waals surface area contributed by atoms with Crippen molar-refractivity contribution in [3.8, 4) is 0 Å². The number of hydrogen-bond acceptors (Lipinski definition) is 5. The van der Waals surface area contributed by atoms with E-state index < -0.39 is 4.92 Å². The van der Waals surface area contributed by atoms with E-state index in [0.29, 0.717) is 16.9 Å². The van der Waals surface area contributed by atoms with Crippen LogP contribution in [0, 0.1) is 16.0 Å². The molecule has 0 saturated carbocycles. The summed E-state index contributed by atoms with van der Waals surface area (Å²) >= 11 is 6.15. The molecule has 0 aliphatic carbocycles. The van der Waals surface area contributed by atoms with Gasteiger partial charge in [0.15, 0.2) is 0 Å². The molecule has 2 aliphatic rings. The second kappa shape index (κ2) is 6.15. The molecular weight excluding hydrogens is 292 g/mol. The maximum Gasteiger partial charge on any atom is 0.289 e. The summed E-state index contributed by atoms with van der Waals surface area (Å²) in [5.74, 6) is 1.39. The Kier molecular flexibility index (Phi) is 4.26. The second-order valence-electron chi connectivity index (χ2n) is 5.78. The predicted molar refractivity (Wildman–Crippen MR) is 81.9 cm³/mol. The number of nitrogens with one attached hydrogen (secondary N) is 1. The first kappa shape index (κ1) is 14.5. The Hall–Kier alpha value is -1.40. The van der Waals surface area contributed by atoms with Crippen molar-refractivity contribution in [2.75, 3.05) is 24.5 Å². The smallest absolute Gasteiger partial charge is 0.289 e. The largest absolute Gasteiger partial charge is 0.355 e. The first-order valence-electron chi connectivity index (χ1n) is 7.43. The molecule has 2 saturated heterocycles. The summed E-state index contributed by atoms with van der Waals surface area (Å²) in [6.45, 7) is 2.96. The number of rotatable bonds is 3. The summed E-state index contributed by atoms with van der Waals surface area (Å²) in [5.41, 5.74) is -0.0613. The van der Waals surface area contributed by atoms with E-state index in [0.717, 1.165) is 38.4 Å². The minimum atomic E-state index is -0.472. The number of piperidine rings is 1. The van der Waals surface area contributed by atoms with Crippen LogP contribution in [-0.2, 0) is 0 Å². The van der Waals surface area contributed by atoms with Crippen molar-refractivity contribution in [2.24, 2.45) is 5.92 Å². The van der Waals surface area contributed by atoms with E-state index in [1.165, 1.54) is 25.1 Å². The summed E-state index contributed by atoms with van der Waals surface area (Å²) in [5, 5.41) is 14.7. The van der Waals surface area contributed by atoms with Crippen LogP contribution < -0.4 is 10.2 Å². The van der Waals surface area contributed by atoms with Crippen LogP contribution in [0.15, 0.2) is 12.3 Å². The van der Waals surface area contributed by atoms with Crippen LogP contribution in [0.4, 0.5) is 11.5 Å². The summed E-state index contributed by atoms with van der Waals surface area (Å²) in [7, 11) is 0. The average molecular weight is 311 g/mol. The van der Waals surface area contributed by atoms with Gasteiger partial charge in [-0.2, -0.15) is 0 Å². The molecular formula is C14H19ClN4O2. The van der Waals surface area contributed by atoms with Crippen LogP contribution in [0.5, 0.6) is 0 Å². The molecule has 21 heavy (non-hydrogen) atoms. The molecule has 3 heterocycles. The van der Waals surface area contributed by atoms with Gasteiger partial charge in [0.05, 0.1) is 9.95 Å². The number of nitro groups is 1. The monoisotopic (exact) mass is 310 g/mol. The summed E-state index contributed by atoms with van der Waals surface area (Å²) in [4.78, 5) is 16.6. The van der Waals surface area contributed by atoms with Crippen LogP contribution in [0.1, 0.15) is 25.7 Å². The highest BCUT2D eigenvalue weighted by atomic mass is 35.5. The summed E-state index contributed by atoms with van der Waals surface area (Å²) in [6.07, 6.45) is 6.08. The van der Waals surface area contributed by atoms with Crippen molar-refractivity contribution in [2.45, 2.75) is 31.7 Å². The molecule has 2 fully saturated rings. The standard InChI is InChI=1S/C14H19ClN4O2/c15-12-8-11(19(20)21)9-17-14(12)18-6-3-10(4-7-18)13-2-1-5-16-13/h8-10,13,16H,1-7H2. The molecule has 114 valence electrons. The van der Waals surface area contributed by atoms with Crippen LogP contribution in [-0.4, -0.2) is 35.6 Å². The fraction of sp³-hybridized carbons (Fsp3) is 0.643. The third-order valence-corrected chi connectivity index (χ3v) is 4.80. The zero-order valence-electron chi connectivity index (χ0n) is 11.8. The Morgan fingerprint density at radius 1 is 1.38 bits per heavy atom. The van der Waals surface area contributed by atoms with Crippen molar-refractivity contribution in [3.63, 3.8) is 0 Å². The molecule has 0 aromatic carbocycles. The lowest BCUT2D eigenvalue weighted by molar-refractivity contribution is -0.385. The molecule has 3 rings (SSSR count). The van der Waals surface area contributed by atoms with Gasteiger partial charge in [0.25, 0.3) is 5.69 Å². The SMILES string of the molecule is O=[N+]([O-])c1cnc(N2CCC(C3CCCN3)CC2)c(Cl)c1. The highest BCUT2D eigenvalue weighted by molar-refractivity contribution is 6.33. The molecule has 0 bridgehead atoms. The summed E-state index contributed by atoms with van der Waals surface area (Å²) < 4.78 is 0. The Bertz CT molecular complexity index is 526. The van der Waals surface area contributed by atoms with E-state index in [2.05, 4.69) is 15.2 Å². The number of anilines is 1. The number of hydrogen-bond donors (Lipinski definition) is 1. The Morgan fingerprint density at radius 2 is 2.14 bits per heavy atom. The molecule has 6 nitrogen and oxygen atoms in total. The van der Waals surface area contributed by atoms with Crippen molar-refractivity contribution >= 4 is 23.1 Å². The molecule has 2 aliphatic heterocycles. The first-order valence-corrected chi connectivity index (χ1v) is 7.81. The zero-order chi connectivity index (χ0) is 14.8. The van der Waals surface area contributed by atoms with Crippen LogP contribution in [0.25, 0.3) is 0 Å². The Morgan fingerprint density at radius 3 is 2.71 bits per heavy atom. The third kappa shape index (κ3) is 3.11. The van der Waals surface area contributed by atoms with Gasteiger partial charge >= 0.3 is 0 Å². The lowest BCUT2D eigenvalue weighted by Crippen LogP contribution is -2.41. The highest BCUT2D eigenvalue weighted by Gasteiger charge is 2.29. The molecule has 1 aromatic heterocycles. The van der Waals surface area contributed by atoms with Gasteiger partial charge in [0.2, 0.25) is 0 Å². The minimum Gasteiger partial charge on any atom is -0.355 e. The lowest BCUT2D eigenvalue weighted by Gasteiger charge is -2.35. The number of nitrogens with zero attached hydrogens (tertiary/aromatic N) is 3. The zero-order valence-corrected chi connectivity index (χ0v) is 12.6. The average Bonchev–Trinajstić information content (AvgIpc) is 3.01. The molecule has 0 radical (unpaired) electrons. The molecule has 1 aromatic rings. The van der Waals surface area contributed by atoms with Gasteiger partial charge in [0.1, 0.15) is 12.0 Å². The molecule has 1 atom stereocenters. The van der Waals surface area contributed by atoms with Crippen molar-refractivity contribution < 1.29 is 4.92 Å². The quantitative estimate of drug-likeness (QED) is 0.686. The minimum absolute atomic E-state index is 0.0613. The maximum absolute atomic E-state index is 10.7. The van der Waals surface area contributed by atoms with Crippen LogP contribution in [0.2, 0.25) is 5.02 Å². The van der Waals surface area contributed by atoms with Crippen LogP contribution >= 0.6 is 11.6 Å². The van der Waals surface area contributed by atoms with Gasteiger partial charge in [-0.05, 0) is 38.1 Å². The van der Waals surface area contributed by atoms with Gasteiger partial charge in [-0.15, -0.1) is 0 Å². The fourth-order valence-electron chi connectivity index (χ4n) is 3.38. The molecule has 1 N–H and O–H groups in total. The number of halogens is 1. The Balaban J connectivity index is 1.65. The normalized spacial score (nSPS) is 23.5. The van der Waals surface area contributed by atoms with E-state index >= 15 is 0 Å². The lowest BCUT2D eigenvalue weighted by atomic mass is 9.88. The number of aromatic nitrogens is 1. The third-order valence-electron chi connectivity index (χ3n) is 4.52. The molecule has 0 amide bonds.